The summed E-state index contributed by atoms with van der Waals surface area (Å²) in [5.41, 5.74) is 6.90. The van der Waals surface area contributed by atoms with Crippen LogP contribution in [0, 0.1) is 5.92 Å². The van der Waals surface area contributed by atoms with Crippen LogP contribution in [0.1, 0.15) is 53.3 Å². The summed E-state index contributed by atoms with van der Waals surface area (Å²) in [6, 6.07) is 6.09. The minimum Gasteiger partial charge on any atom is -0.496 e. The van der Waals surface area contributed by atoms with Crippen LogP contribution < -0.4 is 15.8 Å². The average molecular weight is 555 g/mol. The molecular formula is C27H25F3N6O4. The van der Waals surface area contributed by atoms with Gasteiger partial charge in [-0.1, -0.05) is 6.42 Å². The van der Waals surface area contributed by atoms with E-state index in [1.807, 2.05) is 4.40 Å². The molecule has 0 bridgehead atoms. The van der Waals surface area contributed by atoms with Gasteiger partial charge in [0.25, 0.3) is 5.91 Å². The standard InChI is InChI=1S/C27H25F3N6O4/c1-40-19-12-15(25(37)34-20-13-17(7-8-32-20)27(28,29)30)5-6-18(19)21-22-23(31)33-9-10-36(22)24(35-21)14-3-2-4-16(11-14)26(38)39/h5-10,12-14,16H,2-4,11H2,1H3,(H2,31,33)(H,38,39)(H,32,34,37)/t14-,16+/m0/s1. The molecule has 1 saturated carbocycles. The van der Waals surface area contributed by atoms with Crippen LogP contribution in [-0.2, 0) is 11.0 Å². The lowest BCUT2D eigenvalue weighted by Crippen LogP contribution is -2.22. The quantitative estimate of drug-likeness (QED) is 0.302. The molecule has 1 amide bonds. The van der Waals surface area contributed by atoms with Gasteiger partial charge in [0.2, 0.25) is 0 Å². The highest BCUT2D eigenvalue weighted by Crippen LogP contribution is 2.41. The zero-order valence-corrected chi connectivity index (χ0v) is 21.3. The monoisotopic (exact) mass is 554 g/mol. The summed E-state index contributed by atoms with van der Waals surface area (Å²) in [4.78, 5) is 37.4. The van der Waals surface area contributed by atoms with E-state index in [2.05, 4.69) is 15.3 Å². The molecule has 1 fully saturated rings. The molecule has 5 rings (SSSR count). The average Bonchev–Trinajstić information content (AvgIpc) is 3.33. The Labute approximate surface area is 226 Å². The van der Waals surface area contributed by atoms with Gasteiger partial charge in [-0.2, -0.15) is 13.2 Å². The van der Waals surface area contributed by atoms with E-state index in [-0.39, 0.29) is 28.9 Å². The summed E-state index contributed by atoms with van der Waals surface area (Å²) in [5.74, 6) is -1.21. The second kappa shape index (κ2) is 10.5. The number of benzene rings is 1. The maximum absolute atomic E-state index is 13.0. The normalized spacial score (nSPS) is 17.5. The van der Waals surface area contributed by atoms with Crippen molar-refractivity contribution in [3.8, 4) is 17.0 Å². The predicted molar refractivity (Wildman–Crippen MR) is 139 cm³/mol. The molecule has 1 aliphatic carbocycles. The number of amides is 1. The van der Waals surface area contributed by atoms with Gasteiger partial charge in [-0.15, -0.1) is 0 Å². The number of fused-ring (bicyclic) bond motifs is 1. The van der Waals surface area contributed by atoms with E-state index >= 15 is 0 Å². The van der Waals surface area contributed by atoms with Crippen molar-refractivity contribution in [1.82, 2.24) is 19.4 Å². The van der Waals surface area contributed by atoms with E-state index in [1.54, 1.807) is 18.5 Å². The number of carbonyl (C=O) groups is 2. The Kier molecular flexibility index (Phi) is 7.04. The summed E-state index contributed by atoms with van der Waals surface area (Å²) in [6.45, 7) is 0. The van der Waals surface area contributed by atoms with E-state index in [1.165, 1.54) is 19.2 Å². The molecule has 1 aromatic carbocycles. The third-order valence-corrected chi connectivity index (χ3v) is 7.05. The fourth-order valence-corrected chi connectivity index (χ4v) is 5.10. The molecule has 3 heterocycles. The SMILES string of the molecule is COc1cc(C(=O)Nc2cc(C(F)(F)F)ccn2)ccc1-c1nc([C@H]2CCC[C@@H](C(=O)O)C2)n2ccnc(N)c12. The molecule has 10 nitrogen and oxygen atoms in total. The number of nitrogens with zero attached hydrogens (tertiary/aromatic N) is 4. The maximum atomic E-state index is 13.0. The van der Waals surface area contributed by atoms with Gasteiger partial charge >= 0.3 is 12.1 Å². The molecule has 13 heteroatoms. The molecule has 3 aromatic heterocycles. The minimum absolute atomic E-state index is 0.117. The summed E-state index contributed by atoms with van der Waals surface area (Å²) < 4.78 is 46.5. The predicted octanol–water partition coefficient (Wildman–Crippen LogP) is 5.01. The fraction of sp³-hybridized carbons (Fsp3) is 0.296. The molecule has 208 valence electrons. The number of hydrogen-bond acceptors (Lipinski definition) is 7. The highest BCUT2D eigenvalue weighted by molar-refractivity contribution is 6.04. The van der Waals surface area contributed by atoms with Crippen LogP contribution in [0.5, 0.6) is 5.75 Å². The number of imidazole rings is 1. The lowest BCUT2D eigenvalue weighted by molar-refractivity contribution is -0.143. The zero-order chi connectivity index (χ0) is 28.6. The Morgan fingerprint density at radius 2 is 1.95 bits per heavy atom. The van der Waals surface area contributed by atoms with Crippen LogP contribution in [0.2, 0.25) is 0 Å². The van der Waals surface area contributed by atoms with E-state index in [0.29, 0.717) is 35.4 Å². The van der Waals surface area contributed by atoms with Crippen molar-refractivity contribution >= 4 is 29.0 Å². The van der Waals surface area contributed by atoms with Gasteiger partial charge in [-0.25, -0.2) is 15.0 Å². The number of nitrogens with one attached hydrogen (secondary N) is 1. The first-order chi connectivity index (χ1) is 19.1. The largest absolute Gasteiger partial charge is 0.496 e. The van der Waals surface area contributed by atoms with Crippen LogP contribution in [-0.4, -0.2) is 43.4 Å². The lowest BCUT2D eigenvalue weighted by Gasteiger charge is -2.25. The van der Waals surface area contributed by atoms with Gasteiger partial charge in [-0.3, -0.25) is 14.0 Å². The number of pyridine rings is 1. The van der Waals surface area contributed by atoms with Crippen molar-refractivity contribution in [3.05, 3.63) is 65.9 Å². The number of rotatable bonds is 6. The minimum atomic E-state index is -4.58. The summed E-state index contributed by atoms with van der Waals surface area (Å²) >= 11 is 0. The van der Waals surface area contributed by atoms with Crippen LogP contribution in [0.3, 0.4) is 0 Å². The molecule has 0 spiro atoms. The summed E-state index contributed by atoms with van der Waals surface area (Å²) in [5, 5.41) is 11.9. The van der Waals surface area contributed by atoms with E-state index in [4.69, 9.17) is 15.5 Å². The number of ether oxygens (including phenoxy) is 1. The zero-order valence-electron chi connectivity index (χ0n) is 21.3. The Morgan fingerprint density at radius 1 is 1.15 bits per heavy atom. The van der Waals surface area contributed by atoms with Crippen LogP contribution in [0.15, 0.2) is 48.9 Å². The lowest BCUT2D eigenvalue weighted by atomic mass is 9.81. The van der Waals surface area contributed by atoms with Gasteiger partial charge < -0.3 is 20.9 Å². The molecule has 0 unspecified atom stereocenters. The third-order valence-electron chi connectivity index (χ3n) is 7.05. The number of aliphatic carboxylic acids is 1. The molecule has 4 aromatic rings. The smallest absolute Gasteiger partial charge is 0.416 e. The van der Waals surface area contributed by atoms with Crippen molar-refractivity contribution in [2.75, 3.05) is 18.2 Å². The molecule has 0 saturated heterocycles. The number of carboxylic acid groups (broad SMARTS) is 1. The van der Waals surface area contributed by atoms with Crippen LogP contribution in [0.4, 0.5) is 24.8 Å². The van der Waals surface area contributed by atoms with Crippen LogP contribution >= 0.6 is 0 Å². The van der Waals surface area contributed by atoms with Crippen LogP contribution in [0.25, 0.3) is 16.8 Å². The molecule has 40 heavy (non-hydrogen) atoms. The second-order valence-corrected chi connectivity index (χ2v) is 9.55. The number of methoxy groups -OCH3 is 1. The van der Waals surface area contributed by atoms with Crippen molar-refractivity contribution in [2.45, 2.75) is 37.8 Å². The molecule has 2 atom stereocenters. The number of nitrogen functional groups attached to an aromatic ring is 1. The van der Waals surface area contributed by atoms with Gasteiger partial charge in [-0.05, 0) is 49.6 Å². The van der Waals surface area contributed by atoms with E-state index in [0.717, 1.165) is 31.2 Å². The molecule has 1 aliphatic rings. The molecular weight excluding hydrogens is 529 g/mol. The first-order valence-corrected chi connectivity index (χ1v) is 12.4. The van der Waals surface area contributed by atoms with Gasteiger partial charge in [0.15, 0.2) is 0 Å². The van der Waals surface area contributed by atoms with Crippen molar-refractivity contribution in [1.29, 1.82) is 0 Å². The summed E-state index contributed by atoms with van der Waals surface area (Å²) in [7, 11) is 1.41. The highest BCUT2D eigenvalue weighted by atomic mass is 19.4. The number of nitrogens with two attached hydrogens (primary N) is 1. The van der Waals surface area contributed by atoms with Gasteiger partial charge in [0.05, 0.1) is 18.6 Å². The first-order valence-electron chi connectivity index (χ1n) is 12.4. The van der Waals surface area contributed by atoms with Crippen molar-refractivity contribution in [2.24, 2.45) is 5.92 Å². The second-order valence-electron chi connectivity index (χ2n) is 9.55. The number of aromatic nitrogens is 4. The number of alkyl halides is 3. The molecule has 4 N–H and O–H groups in total. The Bertz CT molecular complexity index is 1600. The number of carbonyl (C=O) groups excluding carboxylic acids is 1. The van der Waals surface area contributed by atoms with Gasteiger partial charge in [0.1, 0.15) is 34.4 Å². The number of carboxylic acids is 1. The Morgan fingerprint density at radius 3 is 2.67 bits per heavy atom. The Balaban J connectivity index is 1.51. The number of anilines is 2. The third kappa shape index (κ3) is 5.14. The number of hydrogen-bond donors (Lipinski definition) is 3. The summed E-state index contributed by atoms with van der Waals surface area (Å²) in [6.07, 6.45) is 2.22. The number of halogens is 3. The van der Waals surface area contributed by atoms with Gasteiger partial charge in [0, 0.05) is 35.6 Å². The van der Waals surface area contributed by atoms with Crippen molar-refractivity contribution < 1.29 is 32.6 Å². The Hall–Kier alpha value is -4.68. The first kappa shape index (κ1) is 26.9. The van der Waals surface area contributed by atoms with E-state index in [9.17, 15) is 27.9 Å². The maximum Gasteiger partial charge on any atom is 0.416 e. The molecule has 0 aliphatic heterocycles. The molecule has 0 radical (unpaired) electrons. The topological polar surface area (TPSA) is 145 Å². The van der Waals surface area contributed by atoms with E-state index < -0.39 is 29.5 Å². The van der Waals surface area contributed by atoms with Crippen molar-refractivity contribution in [3.63, 3.8) is 0 Å². The fourth-order valence-electron chi connectivity index (χ4n) is 5.10. The highest BCUT2D eigenvalue weighted by Gasteiger charge is 2.32.